The predicted octanol–water partition coefficient (Wildman–Crippen LogP) is 4.81. The van der Waals surface area contributed by atoms with Gasteiger partial charge in [-0.1, -0.05) is 60.7 Å². The molecule has 2 aromatic carbocycles. The third-order valence-electron chi connectivity index (χ3n) is 5.05. The molecule has 0 fully saturated rings. The lowest BCUT2D eigenvalue weighted by Gasteiger charge is -2.19. The Balaban J connectivity index is 1.85. The number of rotatable bonds is 11. The minimum Gasteiger partial charge on any atom is -0.462 e. The van der Waals surface area contributed by atoms with E-state index in [4.69, 9.17) is 4.74 Å². The van der Waals surface area contributed by atoms with Crippen molar-refractivity contribution in [3.63, 3.8) is 0 Å². The maximum atomic E-state index is 13.4. The van der Waals surface area contributed by atoms with E-state index < -0.39 is 12.0 Å². The van der Waals surface area contributed by atoms with Crippen molar-refractivity contribution in [2.75, 3.05) is 39.1 Å². The number of carbonyl (C=O) groups excluding carboxylic acids is 2. The van der Waals surface area contributed by atoms with E-state index in [-0.39, 0.29) is 12.5 Å². The molecule has 0 radical (unpaired) electrons. The molecule has 3 rings (SSSR count). The molecule has 1 atom stereocenters. The second kappa shape index (κ2) is 12.3. The Labute approximate surface area is 199 Å². The van der Waals surface area contributed by atoms with Crippen LogP contribution in [0.3, 0.4) is 0 Å². The van der Waals surface area contributed by atoms with Crippen LogP contribution in [-0.4, -0.2) is 50.6 Å². The molecule has 1 amide bonds. The Morgan fingerprint density at radius 2 is 1.70 bits per heavy atom. The van der Waals surface area contributed by atoms with Crippen LogP contribution >= 0.6 is 11.3 Å². The van der Waals surface area contributed by atoms with E-state index in [1.54, 1.807) is 13.0 Å². The molecule has 1 aromatic heterocycles. The Bertz CT molecular complexity index is 1040. The summed E-state index contributed by atoms with van der Waals surface area (Å²) in [5, 5.41) is 6.86. The summed E-state index contributed by atoms with van der Waals surface area (Å²) in [6.07, 6.45) is 0.912. The molecule has 0 unspecified atom stereocenters. The first-order valence-corrected chi connectivity index (χ1v) is 11.9. The highest BCUT2D eigenvalue weighted by atomic mass is 32.1. The number of nitrogens with one attached hydrogen (secondary N) is 2. The maximum Gasteiger partial charge on any atom is 0.341 e. The molecule has 174 valence electrons. The maximum absolute atomic E-state index is 13.4. The first-order valence-electron chi connectivity index (χ1n) is 11.1. The summed E-state index contributed by atoms with van der Waals surface area (Å²) in [5.74, 6) is -0.653. The lowest BCUT2D eigenvalue weighted by Crippen LogP contribution is -2.34. The minimum atomic E-state index is -0.536. The Hall–Kier alpha value is -3.00. The van der Waals surface area contributed by atoms with Gasteiger partial charge in [0.25, 0.3) is 0 Å². The first-order chi connectivity index (χ1) is 16.0. The van der Waals surface area contributed by atoms with Gasteiger partial charge in [0.05, 0.1) is 12.2 Å². The molecule has 0 aliphatic carbocycles. The van der Waals surface area contributed by atoms with Crippen LogP contribution in [0.4, 0.5) is 5.00 Å². The molecule has 6 nitrogen and oxygen atoms in total. The van der Waals surface area contributed by atoms with Crippen molar-refractivity contribution in [2.45, 2.75) is 19.4 Å². The van der Waals surface area contributed by atoms with Gasteiger partial charge in [-0.2, -0.15) is 0 Å². The van der Waals surface area contributed by atoms with Crippen LogP contribution in [0.25, 0.3) is 10.4 Å². The van der Waals surface area contributed by atoms with E-state index in [0.717, 1.165) is 29.0 Å². The number of amides is 1. The fraction of sp³-hybridized carbons (Fsp3) is 0.308. The lowest BCUT2D eigenvalue weighted by atomic mass is 10.1. The number of nitrogens with zero attached hydrogens (tertiary/aromatic N) is 1. The van der Waals surface area contributed by atoms with E-state index in [2.05, 4.69) is 15.5 Å². The highest BCUT2D eigenvalue weighted by Gasteiger charge is 2.24. The summed E-state index contributed by atoms with van der Waals surface area (Å²) >= 11 is 1.37. The standard InChI is InChI=1S/C26H31N3O3S/c1-4-32-26(31)21-18-22(19-12-7-5-8-13-19)33-25(21)28-24(30)23(20-14-9-6-10-15-20)27-16-11-17-29(2)3/h5-10,12-15,18,23,27H,4,11,16-17H2,1-3H3,(H,28,30)/t23-/m0/s1. The SMILES string of the molecule is CCOC(=O)c1cc(-c2ccccc2)sc1NC(=O)[C@@H](NCCCN(C)C)c1ccccc1. The number of hydrogen-bond donors (Lipinski definition) is 2. The van der Waals surface area contributed by atoms with Crippen molar-refractivity contribution in [3.8, 4) is 10.4 Å². The summed E-state index contributed by atoms with van der Waals surface area (Å²) in [5.41, 5.74) is 2.22. The second-order valence-electron chi connectivity index (χ2n) is 7.88. The van der Waals surface area contributed by atoms with Gasteiger partial charge < -0.3 is 20.3 Å². The number of anilines is 1. The summed E-state index contributed by atoms with van der Waals surface area (Å²) in [7, 11) is 4.05. The van der Waals surface area contributed by atoms with Crippen molar-refractivity contribution in [1.29, 1.82) is 0 Å². The number of ether oxygens (including phenoxy) is 1. The largest absolute Gasteiger partial charge is 0.462 e. The molecule has 0 aliphatic heterocycles. The van der Waals surface area contributed by atoms with E-state index in [1.165, 1.54) is 11.3 Å². The van der Waals surface area contributed by atoms with E-state index in [0.29, 0.717) is 17.1 Å². The van der Waals surface area contributed by atoms with Gasteiger partial charge in [0.15, 0.2) is 0 Å². The van der Waals surface area contributed by atoms with Gasteiger partial charge in [0, 0.05) is 4.88 Å². The van der Waals surface area contributed by atoms with Crippen molar-refractivity contribution in [3.05, 3.63) is 77.9 Å². The molecule has 0 bridgehead atoms. The monoisotopic (exact) mass is 465 g/mol. The van der Waals surface area contributed by atoms with Crippen molar-refractivity contribution in [2.24, 2.45) is 0 Å². The fourth-order valence-electron chi connectivity index (χ4n) is 3.42. The van der Waals surface area contributed by atoms with Crippen LogP contribution in [0.15, 0.2) is 66.7 Å². The van der Waals surface area contributed by atoms with Crippen LogP contribution in [0.5, 0.6) is 0 Å². The third kappa shape index (κ3) is 6.99. The van der Waals surface area contributed by atoms with Crippen LogP contribution in [0, 0.1) is 0 Å². The second-order valence-corrected chi connectivity index (χ2v) is 8.94. The molecule has 3 aromatic rings. The molecule has 7 heteroatoms. The molecule has 1 heterocycles. The average molecular weight is 466 g/mol. The van der Waals surface area contributed by atoms with Gasteiger partial charge in [0.2, 0.25) is 5.91 Å². The van der Waals surface area contributed by atoms with E-state index >= 15 is 0 Å². The zero-order valence-electron chi connectivity index (χ0n) is 19.3. The van der Waals surface area contributed by atoms with Gasteiger partial charge in [-0.05, 0) is 57.7 Å². The number of hydrogen-bond acceptors (Lipinski definition) is 6. The molecule has 0 saturated heterocycles. The van der Waals surface area contributed by atoms with Gasteiger partial charge in [0.1, 0.15) is 11.0 Å². The smallest absolute Gasteiger partial charge is 0.341 e. The Morgan fingerprint density at radius 1 is 1.03 bits per heavy atom. The van der Waals surface area contributed by atoms with Gasteiger partial charge in [-0.3, -0.25) is 4.79 Å². The Kier molecular flexibility index (Phi) is 9.18. The predicted molar refractivity (Wildman–Crippen MR) is 135 cm³/mol. The van der Waals surface area contributed by atoms with Gasteiger partial charge in [-0.15, -0.1) is 11.3 Å². The minimum absolute atomic E-state index is 0.210. The number of thiophene rings is 1. The normalized spacial score (nSPS) is 11.9. The van der Waals surface area contributed by atoms with Crippen molar-refractivity contribution in [1.82, 2.24) is 10.2 Å². The summed E-state index contributed by atoms with van der Waals surface area (Å²) in [6, 6.07) is 20.7. The van der Waals surface area contributed by atoms with E-state index in [9.17, 15) is 9.59 Å². The van der Waals surface area contributed by atoms with Crippen molar-refractivity contribution < 1.29 is 14.3 Å². The van der Waals surface area contributed by atoms with Crippen molar-refractivity contribution >= 4 is 28.2 Å². The highest BCUT2D eigenvalue weighted by Crippen LogP contribution is 2.36. The summed E-state index contributed by atoms with van der Waals surface area (Å²) in [4.78, 5) is 29.0. The lowest BCUT2D eigenvalue weighted by molar-refractivity contribution is -0.118. The van der Waals surface area contributed by atoms with Crippen LogP contribution in [0.1, 0.15) is 35.3 Å². The molecular formula is C26H31N3O3S. The Morgan fingerprint density at radius 3 is 2.33 bits per heavy atom. The molecule has 2 N–H and O–H groups in total. The van der Waals surface area contributed by atoms with Crippen LogP contribution in [0.2, 0.25) is 0 Å². The number of esters is 1. The molecule has 33 heavy (non-hydrogen) atoms. The number of benzene rings is 2. The summed E-state index contributed by atoms with van der Waals surface area (Å²) < 4.78 is 5.24. The zero-order chi connectivity index (χ0) is 23.6. The highest BCUT2D eigenvalue weighted by molar-refractivity contribution is 7.20. The molecular weight excluding hydrogens is 434 g/mol. The fourth-order valence-corrected chi connectivity index (χ4v) is 4.48. The molecule has 0 aliphatic rings. The van der Waals surface area contributed by atoms with Crippen LogP contribution in [-0.2, 0) is 9.53 Å². The first kappa shape index (κ1) is 24.6. The topological polar surface area (TPSA) is 70.7 Å². The average Bonchev–Trinajstić information content (AvgIpc) is 3.24. The zero-order valence-corrected chi connectivity index (χ0v) is 20.2. The van der Waals surface area contributed by atoms with Crippen LogP contribution < -0.4 is 10.6 Å². The van der Waals surface area contributed by atoms with E-state index in [1.807, 2.05) is 74.8 Å². The summed E-state index contributed by atoms with van der Waals surface area (Å²) in [6.45, 7) is 3.65. The van der Waals surface area contributed by atoms with Gasteiger partial charge in [-0.25, -0.2) is 4.79 Å². The quantitative estimate of drug-likeness (QED) is 0.314. The molecule has 0 spiro atoms. The molecule has 0 saturated carbocycles. The third-order valence-corrected chi connectivity index (χ3v) is 6.15. The van der Waals surface area contributed by atoms with Gasteiger partial charge >= 0.3 is 5.97 Å². The number of carbonyl (C=O) groups is 2.